The highest BCUT2D eigenvalue weighted by Gasteiger charge is 2.06. The first-order valence-corrected chi connectivity index (χ1v) is 7.44. The van der Waals surface area contributed by atoms with Crippen LogP contribution in [0.15, 0.2) is 48.5 Å². The molecule has 0 saturated carbocycles. The summed E-state index contributed by atoms with van der Waals surface area (Å²) in [6, 6.07) is 15.8. The van der Waals surface area contributed by atoms with E-state index in [1.54, 1.807) is 6.07 Å². The van der Waals surface area contributed by atoms with Crippen LogP contribution in [0.25, 0.3) is 10.9 Å². The van der Waals surface area contributed by atoms with Crippen molar-refractivity contribution in [3.63, 3.8) is 0 Å². The van der Waals surface area contributed by atoms with Crippen molar-refractivity contribution in [1.82, 2.24) is 4.98 Å². The highest BCUT2D eigenvalue weighted by molar-refractivity contribution is 6.43. The van der Waals surface area contributed by atoms with Crippen LogP contribution >= 0.6 is 23.2 Å². The van der Waals surface area contributed by atoms with E-state index in [9.17, 15) is 0 Å². The van der Waals surface area contributed by atoms with Gasteiger partial charge in [0.15, 0.2) is 0 Å². The summed E-state index contributed by atoms with van der Waals surface area (Å²) in [6.45, 7) is 2.67. The van der Waals surface area contributed by atoms with Gasteiger partial charge in [-0.3, -0.25) is 4.98 Å². The zero-order valence-electron chi connectivity index (χ0n) is 11.5. The molecule has 0 aliphatic rings. The summed E-state index contributed by atoms with van der Waals surface area (Å²) < 4.78 is 0. The molecule has 3 rings (SSSR count). The number of nitrogens with one attached hydrogen (secondary N) is 1. The third kappa shape index (κ3) is 2.97. The highest BCUT2D eigenvalue weighted by atomic mass is 35.5. The van der Waals surface area contributed by atoms with Crippen molar-refractivity contribution in [3.05, 3.63) is 69.8 Å². The molecular formula is C17H14Cl2N2. The number of halogens is 2. The third-order valence-electron chi connectivity index (χ3n) is 3.35. The van der Waals surface area contributed by atoms with Gasteiger partial charge in [0.05, 0.1) is 21.2 Å². The molecule has 1 N–H and O–H groups in total. The van der Waals surface area contributed by atoms with Gasteiger partial charge in [-0.05, 0) is 36.8 Å². The Hall–Kier alpha value is -1.77. The molecule has 0 unspecified atom stereocenters. The molecule has 2 nitrogen and oxygen atoms in total. The van der Waals surface area contributed by atoms with Gasteiger partial charge in [-0.15, -0.1) is 0 Å². The Bertz CT molecular complexity index is 800. The Labute approximate surface area is 133 Å². The fourth-order valence-electron chi connectivity index (χ4n) is 2.37. The van der Waals surface area contributed by atoms with E-state index in [1.807, 2.05) is 37.3 Å². The number of hydrogen-bond donors (Lipinski definition) is 1. The van der Waals surface area contributed by atoms with Gasteiger partial charge in [0.2, 0.25) is 0 Å². The highest BCUT2D eigenvalue weighted by Crippen LogP contribution is 2.30. The van der Waals surface area contributed by atoms with E-state index in [0.29, 0.717) is 16.6 Å². The van der Waals surface area contributed by atoms with E-state index >= 15 is 0 Å². The van der Waals surface area contributed by atoms with Crippen LogP contribution in [-0.2, 0) is 6.54 Å². The van der Waals surface area contributed by atoms with Gasteiger partial charge in [0.25, 0.3) is 0 Å². The number of fused-ring (bicyclic) bond motifs is 1. The number of aryl methyl sites for hydroxylation is 1. The van der Waals surface area contributed by atoms with Gasteiger partial charge in [-0.25, -0.2) is 0 Å². The number of benzene rings is 2. The van der Waals surface area contributed by atoms with E-state index in [1.165, 1.54) is 5.56 Å². The molecule has 0 aliphatic carbocycles. The lowest BCUT2D eigenvalue weighted by Crippen LogP contribution is -2.02. The van der Waals surface area contributed by atoms with E-state index in [2.05, 4.69) is 22.4 Å². The van der Waals surface area contributed by atoms with Crippen molar-refractivity contribution in [2.24, 2.45) is 0 Å². The lowest BCUT2D eigenvalue weighted by Gasteiger charge is -2.12. The number of hydrogen-bond acceptors (Lipinski definition) is 2. The lowest BCUT2D eigenvalue weighted by molar-refractivity contribution is 1.13. The van der Waals surface area contributed by atoms with Crippen LogP contribution in [0.4, 0.5) is 5.69 Å². The Kier molecular flexibility index (Phi) is 4.00. The van der Waals surface area contributed by atoms with Gasteiger partial charge in [-0.1, -0.05) is 47.5 Å². The molecule has 0 fully saturated rings. The molecular weight excluding hydrogens is 303 g/mol. The maximum absolute atomic E-state index is 6.20. The molecule has 106 valence electrons. The molecule has 0 radical (unpaired) electrons. The summed E-state index contributed by atoms with van der Waals surface area (Å²) in [4.78, 5) is 4.55. The van der Waals surface area contributed by atoms with Crippen LogP contribution in [0, 0.1) is 6.92 Å². The predicted octanol–water partition coefficient (Wildman–Crippen LogP) is 5.46. The standard InChI is InChI=1S/C17H14Cl2N2/c1-11-9-12(13-5-2-3-7-15(13)21-11)10-20-16-8-4-6-14(18)17(16)19/h2-9,20H,10H2,1H3. The Morgan fingerprint density at radius 3 is 2.71 bits per heavy atom. The van der Waals surface area contributed by atoms with Crippen molar-refractivity contribution in [3.8, 4) is 0 Å². The van der Waals surface area contributed by atoms with Gasteiger partial charge in [-0.2, -0.15) is 0 Å². The number of anilines is 1. The van der Waals surface area contributed by atoms with Crippen LogP contribution in [0.3, 0.4) is 0 Å². The van der Waals surface area contributed by atoms with E-state index < -0.39 is 0 Å². The van der Waals surface area contributed by atoms with Crippen molar-refractivity contribution < 1.29 is 0 Å². The zero-order valence-corrected chi connectivity index (χ0v) is 13.0. The number of pyridine rings is 1. The maximum Gasteiger partial charge on any atom is 0.0823 e. The topological polar surface area (TPSA) is 24.9 Å². The third-order valence-corrected chi connectivity index (χ3v) is 4.17. The summed E-state index contributed by atoms with van der Waals surface area (Å²) in [5, 5.41) is 5.60. The first-order valence-electron chi connectivity index (χ1n) is 6.68. The fraction of sp³-hybridized carbons (Fsp3) is 0.118. The smallest absolute Gasteiger partial charge is 0.0823 e. The second-order valence-corrected chi connectivity index (χ2v) is 5.68. The largest absolute Gasteiger partial charge is 0.380 e. The van der Waals surface area contributed by atoms with Crippen LogP contribution in [-0.4, -0.2) is 4.98 Å². The van der Waals surface area contributed by atoms with Crippen molar-refractivity contribution in [2.75, 3.05) is 5.32 Å². The Morgan fingerprint density at radius 1 is 1.05 bits per heavy atom. The number of rotatable bonds is 3. The number of para-hydroxylation sites is 1. The molecule has 0 saturated heterocycles. The minimum atomic E-state index is 0.550. The Balaban J connectivity index is 1.93. The number of aromatic nitrogens is 1. The Morgan fingerprint density at radius 2 is 1.86 bits per heavy atom. The second-order valence-electron chi connectivity index (χ2n) is 4.89. The summed E-state index contributed by atoms with van der Waals surface area (Å²) in [5.74, 6) is 0. The van der Waals surface area contributed by atoms with Crippen LogP contribution in [0.5, 0.6) is 0 Å². The normalized spacial score (nSPS) is 10.8. The first-order chi connectivity index (χ1) is 10.1. The average molecular weight is 317 g/mol. The summed E-state index contributed by atoms with van der Waals surface area (Å²) in [5.41, 5.74) is 4.03. The van der Waals surface area contributed by atoms with E-state index in [0.717, 1.165) is 22.3 Å². The molecule has 21 heavy (non-hydrogen) atoms. The molecule has 3 aromatic rings. The maximum atomic E-state index is 6.20. The van der Waals surface area contributed by atoms with Crippen LogP contribution in [0.2, 0.25) is 10.0 Å². The molecule has 4 heteroatoms. The number of nitrogens with zero attached hydrogens (tertiary/aromatic N) is 1. The minimum absolute atomic E-state index is 0.550. The average Bonchev–Trinajstić information content (AvgIpc) is 2.48. The quantitative estimate of drug-likeness (QED) is 0.693. The molecule has 0 spiro atoms. The lowest BCUT2D eigenvalue weighted by atomic mass is 10.1. The monoisotopic (exact) mass is 316 g/mol. The van der Waals surface area contributed by atoms with Crippen molar-refractivity contribution in [2.45, 2.75) is 13.5 Å². The summed E-state index contributed by atoms with van der Waals surface area (Å²) in [6.07, 6.45) is 0. The fourth-order valence-corrected chi connectivity index (χ4v) is 2.74. The molecule has 1 heterocycles. The molecule has 0 bridgehead atoms. The van der Waals surface area contributed by atoms with Crippen LogP contribution in [0.1, 0.15) is 11.3 Å². The SMILES string of the molecule is Cc1cc(CNc2cccc(Cl)c2Cl)c2ccccc2n1. The second kappa shape index (κ2) is 5.92. The predicted molar refractivity (Wildman–Crippen MR) is 90.3 cm³/mol. The first kappa shape index (κ1) is 14.2. The van der Waals surface area contributed by atoms with Crippen LogP contribution < -0.4 is 5.32 Å². The van der Waals surface area contributed by atoms with Gasteiger partial charge in [0, 0.05) is 17.6 Å². The van der Waals surface area contributed by atoms with Gasteiger partial charge >= 0.3 is 0 Å². The zero-order chi connectivity index (χ0) is 14.8. The molecule has 0 amide bonds. The summed E-state index contributed by atoms with van der Waals surface area (Å²) >= 11 is 12.2. The molecule has 1 aromatic heterocycles. The molecule has 0 atom stereocenters. The van der Waals surface area contributed by atoms with Gasteiger partial charge in [0.1, 0.15) is 0 Å². The minimum Gasteiger partial charge on any atom is -0.380 e. The molecule has 0 aliphatic heterocycles. The van der Waals surface area contributed by atoms with Crippen molar-refractivity contribution >= 4 is 39.8 Å². The summed E-state index contributed by atoms with van der Waals surface area (Å²) in [7, 11) is 0. The van der Waals surface area contributed by atoms with E-state index in [-0.39, 0.29) is 0 Å². The van der Waals surface area contributed by atoms with Gasteiger partial charge < -0.3 is 5.32 Å². The molecule has 2 aromatic carbocycles. The van der Waals surface area contributed by atoms with E-state index in [4.69, 9.17) is 23.2 Å². The van der Waals surface area contributed by atoms with Crippen molar-refractivity contribution in [1.29, 1.82) is 0 Å².